The molecule has 15 heavy (non-hydrogen) atoms. The van der Waals surface area contributed by atoms with Gasteiger partial charge in [-0.05, 0) is 24.1 Å². The third-order valence-electron chi connectivity index (χ3n) is 1.93. The van der Waals surface area contributed by atoms with Crippen LogP contribution in [0.1, 0.15) is 17.2 Å². The molecule has 6 heteroatoms. The quantitative estimate of drug-likeness (QED) is 0.819. The van der Waals surface area contributed by atoms with Crippen LogP contribution in [0.25, 0.3) is 0 Å². The van der Waals surface area contributed by atoms with Crippen LogP contribution in [0, 0.1) is 6.92 Å². The number of hydrogen-bond donors (Lipinski definition) is 1. The monoisotopic (exact) mass is 259 g/mol. The number of aryl methyl sites for hydroxylation is 1. The van der Waals surface area contributed by atoms with Crippen molar-refractivity contribution in [2.24, 2.45) is 5.73 Å². The molecule has 1 aromatic rings. The average molecular weight is 260 g/mol. The van der Waals surface area contributed by atoms with Gasteiger partial charge in [-0.2, -0.15) is 13.2 Å². The van der Waals surface area contributed by atoms with Crippen LogP contribution < -0.4 is 5.73 Å². The zero-order valence-electron chi connectivity index (χ0n) is 7.81. The van der Waals surface area contributed by atoms with E-state index >= 15 is 0 Å². The number of rotatable bonds is 1. The molecular formula is C9H10Cl2F3N. The van der Waals surface area contributed by atoms with E-state index in [2.05, 4.69) is 0 Å². The summed E-state index contributed by atoms with van der Waals surface area (Å²) in [5, 5.41) is 0.0508. The van der Waals surface area contributed by atoms with E-state index in [0.717, 1.165) is 0 Å². The van der Waals surface area contributed by atoms with Crippen molar-refractivity contribution in [3.63, 3.8) is 0 Å². The van der Waals surface area contributed by atoms with Gasteiger partial charge in [0.15, 0.2) is 0 Å². The van der Waals surface area contributed by atoms with Crippen molar-refractivity contribution in [3.8, 4) is 0 Å². The highest BCUT2D eigenvalue weighted by Gasteiger charge is 2.39. The fourth-order valence-electron chi connectivity index (χ4n) is 1.20. The van der Waals surface area contributed by atoms with Crippen molar-refractivity contribution in [1.82, 2.24) is 0 Å². The normalized spacial score (nSPS) is 13.2. The fourth-order valence-corrected chi connectivity index (χ4v) is 1.54. The Morgan fingerprint density at radius 1 is 1.33 bits per heavy atom. The van der Waals surface area contributed by atoms with Gasteiger partial charge in [-0.15, -0.1) is 12.4 Å². The Hall–Kier alpha value is -0.450. The second-order valence-electron chi connectivity index (χ2n) is 2.99. The zero-order chi connectivity index (χ0) is 10.9. The molecule has 0 radical (unpaired) electrons. The first-order valence-electron chi connectivity index (χ1n) is 3.91. The molecule has 0 fully saturated rings. The van der Waals surface area contributed by atoms with Crippen LogP contribution in [0.4, 0.5) is 13.2 Å². The lowest BCUT2D eigenvalue weighted by Crippen LogP contribution is -2.29. The lowest BCUT2D eigenvalue weighted by Gasteiger charge is -2.19. The molecule has 2 N–H and O–H groups in total. The maximum atomic E-state index is 12.3. The van der Waals surface area contributed by atoms with Crippen LogP contribution in [0.15, 0.2) is 18.2 Å². The summed E-state index contributed by atoms with van der Waals surface area (Å²) in [6.45, 7) is 1.55. The van der Waals surface area contributed by atoms with Gasteiger partial charge in [-0.1, -0.05) is 23.7 Å². The Morgan fingerprint density at radius 3 is 2.27 bits per heavy atom. The molecule has 1 atom stereocenters. The molecule has 0 saturated heterocycles. The van der Waals surface area contributed by atoms with E-state index in [1.807, 2.05) is 0 Å². The number of hydrogen-bond acceptors (Lipinski definition) is 1. The molecule has 0 spiro atoms. The molecule has 0 aliphatic heterocycles. The molecule has 1 nitrogen and oxygen atoms in total. The Labute approximate surface area is 96.8 Å². The highest BCUT2D eigenvalue weighted by molar-refractivity contribution is 6.31. The van der Waals surface area contributed by atoms with Gasteiger partial charge in [0.25, 0.3) is 0 Å². The first kappa shape index (κ1) is 14.5. The van der Waals surface area contributed by atoms with Crippen LogP contribution in [-0.4, -0.2) is 6.18 Å². The van der Waals surface area contributed by atoms with E-state index in [-0.39, 0.29) is 23.0 Å². The summed E-state index contributed by atoms with van der Waals surface area (Å²) < 4.78 is 36.9. The van der Waals surface area contributed by atoms with Crippen molar-refractivity contribution >= 4 is 24.0 Å². The van der Waals surface area contributed by atoms with E-state index in [0.29, 0.717) is 5.56 Å². The van der Waals surface area contributed by atoms with Gasteiger partial charge < -0.3 is 5.73 Å². The lowest BCUT2D eigenvalue weighted by atomic mass is 10.0. The molecular weight excluding hydrogens is 250 g/mol. The highest BCUT2D eigenvalue weighted by atomic mass is 35.5. The molecule has 1 rings (SSSR count). The SMILES string of the molecule is Cc1cccc(Cl)c1[C@H](N)C(F)(F)F.Cl. The first-order valence-corrected chi connectivity index (χ1v) is 4.29. The standard InChI is InChI=1S/C9H9ClF3N.ClH/c1-5-3-2-4-6(10)7(5)8(14)9(11,12)13;/h2-4,8H,14H2,1H3;1H/t8-;/m0./s1. The second-order valence-corrected chi connectivity index (χ2v) is 3.40. The van der Waals surface area contributed by atoms with Gasteiger partial charge in [-0.25, -0.2) is 0 Å². The maximum Gasteiger partial charge on any atom is 0.407 e. The van der Waals surface area contributed by atoms with Crippen LogP contribution in [0.2, 0.25) is 5.02 Å². The van der Waals surface area contributed by atoms with Gasteiger partial charge in [0, 0.05) is 5.02 Å². The van der Waals surface area contributed by atoms with E-state index in [1.165, 1.54) is 6.07 Å². The Morgan fingerprint density at radius 2 is 1.87 bits per heavy atom. The predicted octanol–water partition coefficient (Wildman–Crippen LogP) is 3.63. The summed E-state index contributed by atoms with van der Waals surface area (Å²) in [5.41, 5.74) is 5.46. The number of alkyl halides is 3. The van der Waals surface area contributed by atoms with Crippen LogP contribution in [-0.2, 0) is 0 Å². The minimum Gasteiger partial charge on any atom is -0.316 e. The molecule has 0 aromatic heterocycles. The molecule has 1 aromatic carbocycles. The fraction of sp³-hybridized carbons (Fsp3) is 0.333. The average Bonchev–Trinajstić information content (AvgIpc) is 2.01. The van der Waals surface area contributed by atoms with Crippen molar-refractivity contribution in [3.05, 3.63) is 34.3 Å². The summed E-state index contributed by atoms with van der Waals surface area (Å²) >= 11 is 5.65. The van der Waals surface area contributed by atoms with Crippen LogP contribution in [0.3, 0.4) is 0 Å². The summed E-state index contributed by atoms with van der Waals surface area (Å²) in [7, 11) is 0. The Kier molecular flexibility index (Phi) is 4.90. The molecule has 0 heterocycles. The van der Waals surface area contributed by atoms with Gasteiger partial charge >= 0.3 is 6.18 Å². The molecule has 0 aliphatic carbocycles. The van der Waals surface area contributed by atoms with Crippen LogP contribution >= 0.6 is 24.0 Å². The molecule has 0 aliphatic rings. The smallest absolute Gasteiger partial charge is 0.316 e. The van der Waals surface area contributed by atoms with E-state index < -0.39 is 12.2 Å². The van der Waals surface area contributed by atoms with Crippen molar-refractivity contribution in [1.29, 1.82) is 0 Å². The summed E-state index contributed by atoms with van der Waals surface area (Å²) in [4.78, 5) is 0. The number of benzene rings is 1. The Balaban J connectivity index is 0.00000196. The number of halogens is 5. The minimum absolute atomic E-state index is 0. The predicted molar refractivity (Wildman–Crippen MR) is 56.4 cm³/mol. The van der Waals surface area contributed by atoms with E-state index in [4.69, 9.17) is 17.3 Å². The first-order chi connectivity index (χ1) is 6.34. The minimum atomic E-state index is -4.46. The topological polar surface area (TPSA) is 26.0 Å². The molecule has 0 bridgehead atoms. The van der Waals surface area contributed by atoms with E-state index in [1.54, 1.807) is 19.1 Å². The van der Waals surface area contributed by atoms with Gasteiger partial charge in [0.1, 0.15) is 6.04 Å². The molecule has 0 unspecified atom stereocenters. The number of nitrogens with two attached hydrogens (primary N) is 1. The molecule has 0 amide bonds. The van der Waals surface area contributed by atoms with Crippen LogP contribution in [0.5, 0.6) is 0 Å². The molecule has 86 valence electrons. The maximum absolute atomic E-state index is 12.3. The van der Waals surface area contributed by atoms with Crippen molar-refractivity contribution in [2.75, 3.05) is 0 Å². The van der Waals surface area contributed by atoms with Gasteiger partial charge in [-0.3, -0.25) is 0 Å². The van der Waals surface area contributed by atoms with Gasteiger partial charge in [0.05, 0.1) is 0 Å². The highest BCUT2D eigenvalue weighted by Crippen LogP contribution is 2.35. The van der Waals surface area contributed by atoms with E-state index in [9.17, 15) is 13.2 Å². The molecule has 0 saturated carbocycles. The van der Waals surface area contributed by atoms with Crippen molar-refractivity contribution < 1.29 is 13.2 Å². The lowest BCUT2D eigenvalue weighted by molar-refractivity contribution is -0.149. The summed E-state index contributed by atoms with van der Waals surface area (Å²) in [6.07, 6.45) is -4.46. The van der Waals surface area contributed by atoms with Crippen molar-refractivity contribution in [2.45, 2.75) is 19.1 Å². The van der Waals surface area contributed by atoms with Gasteiger partial charge in [0.2, 0.25) is 0 Å². The largest absolute Gasteiger partial charge is 0.407 e. The third-order valence-corrected chi connectivity index (χ3v) is 2.26. The second kappa shape index (κ2) is 5.05. The third kappa shape index (κ3) is 3.26. The summed E-state index contributed by atoms with van der Waals surface area (Å²) in [6, 6.07) is 2.52. The summed E-state index contributed by atoms with van der Waals surface area (Å²) in [5.74, 6) is 0. The zero-order valence-corrected chi connectivity index (χ0v) is 9.38. The Bertz CT molecular complexity index is 318.